The van der Waals surface area contributed by atoms with Crippen molar-refractivity contribution in [1.29, 1.82) is 0 Å². The summed E-state index contributed by atoms with van der Waals surface area (Å²) in [6.45, 7) is 8.59. The Hall–Kier alpha value is -0.0800. The number of hydrogen-bond donors (Lipinski definition) is 1. The maximum atomic E-state index is 3.53. The largest absolute Gasteiger partial charge is 0.315 e. The number of hydrogen-bond acceptors (Lipinski definition) is 2. The molecular weight excluding hydrogens is 172 g/mol. The van der Waals surface area contributed by atoms with Crippen LogP contribution in [0.5, 0.6) is 0 Å². The van der Waals surface area contributed by atoms with Crippen LogP contribution in [0.1, 0.15) is 46.0 Å². The second-order valence-corrected chi connectivity index (χ2v) is 5.46. The third kappa shape index (κ3) is 2.12. The molecule has 0 aromatic heterocycles. The molecule has 0 bridgehead atoms. The molecule has 1 unspecified atom stereocenters. The molecule has 1 N–H and O–H groups in total. The third-order valence-electron chi connectivity index (χ3n) is 3.93. The fraction of sp³-hybridized carbons (Fsp3) is 1.00. The minimum Gasteiger partial charge on any atom is -0.315 e. The lowest BCUT2D eigenvalue weighted by Crippen LogP contribution is -2.56. The van der Waals surface area contributed by atoms with Crippen molar-refractivity contribution < 1.29 is 0 Å². The van der Waals surface area contributed by atoms with Crippen LogP contribution >= 0.6 is 0 Å². The topological polar surface area (TPSA) is 15.3 Å². The molecule has 1 atom stereocenters. The molecular formula is C12H24N2. The molecule has 2 heterocycles. The van der Waals surface area contributed by atoms with Gasteiger partial charge in [-0.1, -0.05) is 6.42 Å². The van der Waals surface area contributed by atoms with Crippen LogP contribution in [0.25, 0.3) is 0 Å². The zero-order valence-electron chi connectivity index (χ0n) is 9.68. The monoisotopic (exact) mass is 196 g/mol. The number of likely N-dealkylation sites (tertiary alicyclic amines) is 1. The highest BCUT2D eigenvalue weighted by molar-refractivity contribution is 4.91. The normalized spacial score (nSPS) is 34.3. The summed E-state index contributed by atoms with van der Waals surface area (Å²) >= 11 is 0. The molecule has 0 amide bonds. The van der Waals surface area contributed by atoms with Crippen molar-refractivity contribution in [2.75, 3.05) is 19.6 Å². The van der Waals surface area contributed by atoms with Crippen molar-refractivity contribution in [3.63, 3.8) is 0 Å². The summed E-state index contributed by atoms with van der Waals surface area (Å²) in [4.78, 5) is 2.75. The molecule has 0 aliphatic carbocycles. The van der Waals surface area contributed by atoms with Crippen LogP contribution in [0.2, 0.25) is 0 Å². The van der Waals surface area contributed by atoms with E-state index in [9.17, 15) is 0 Å². The molecule has 2 heteroatoms. The highest BCUT2D eigenvalue weighted by Crippen LogP contribution is 2.30. The highest BCUT2D eigenvalue weighted by Gasteiger charge is 2.34. The molecule has 2 nitrogen and oxygen atoms in total. The summed E-state index contributed by atoms with van der Waals surface area (Å²) in [5.41, 5.74) is 0.446. The second-order valence-electron chi connectivity index (χ2n) is 5.46. The fourth-order valence-electron chi connectivity index (χ4n) is 3.06. The van der Waals surface area contributed by atoms with Gasteiger partial charge in [-0.05, 0) is 52.6 Å². The third-order valence-corrected chi connectivity index (χ3v) is 3.93. The van der Waals surface area contributed by atoms with Gasteiger partial charge in [0.15, 0.2) is 0 Å². The Kier molecular flexibility index (Phi) is 3.13. The van der Waals surface area contributed by atoms with Crippen LogP contribution in [0.4, 0.5) is 0 Å². The molecule has 2 aliphatic heterocycles. The van der Waals surface area contributed by atoms with Gasteiger partial charge < -0.3 is 5.32 Å². The average Bonchev–Trinajstić information content (AvgIpc) is 2.18. The number of nitrogens with one attached hydrogen (secondary N) is 1. The summed E-state index contributed by atoms with van der Waals surface area (Å²) in [7, 11) is 0. The first-order chi connectivity index (χ1) is 6.70. The summed E-state index contributed by atoms with van der Waals surface area (Å²) in [6, 6.07) is 0.805. The summed E-state index contributed by atoms with van der Waals surface area (Å²) in [5, 5.41) is 3.53. The van der Waals surface area contributed by atoms with Gasteiger partial charge in [-0.25, -0.2) is 0 Å². The molecule has 0 spiro atoms. The Morgan fingerprint density at radius 3 is 2.71 bits per heavy atom. The van der Waals surface area contributed by atoms with Crippen molar-refractivity contribution in [2.45, 2.75) is 57.5 Å². The van der Waals surface area contributed by atoms with Gasteiger partial charge in [0.25, 0.3) is 0 Å². The predicted molar refractivity (Wildman–Crippen MR) is 60.5 cm³/mol. The SMILES string of the molecule is CC1(C)CCCCN1C1CCCNC1. The van der Waals surface area contributed by atoms with Gasteiger partial charge in [-0.15, -0.1) is 0 Å². The van der Waals surface area contributed by atoms with Gasteiger partial charge in [-0.2, -0.15) is 0 Å². The molecule has 82 valence electrons. The van der Waals surface area contributed by atoms with E-state index < -0.39 is 0 Å². The standard InChI is InChI=1S/C12H24N2/c1-12(2)7-3-4-9-14(12)11-6-5-8-13-10-11/h11,13H,3-10H2,1-2H3. The maximum absolute atomic E-state index is 3.53. The first kappa shape index (κ1) is 10.4. The smallest absolute Gasteiger partial charge is 0.0226 e. The van der Waals surface area contributed by atoms with E-state index in [2.05, 4.69) is 24.1 Å². The van der Waals surface area contributed by atoms with E-state index in [4.69, 9.17) is 0 Å². The van der Waals surface area contributed by atoms with Gasteiger partial charge in [0.2, 0.25) is 0 Å². The summed E-state index contributed by atoms with van der Waals surface area (Å²) in [6.07, 6.45) is 6.96. The Morgan fingerprint density at radius 1 is 1.21 bits per heavy atom. The number of nitrogens with zero attached hydrogens (tertiary/aromatic N) is 1. The Bertz CT molecular complexity index is 183. The van der Waals surface area contributed by atoms with Crippen LogP contribution in [0, 0.1) is 0 Å². The van der Waals surface area contributed by atoms with E-state index in [1.807, 2.05) is 0 Å². The molecule has 0 aromatic carbocycles. The van der Waals surface area contributed by atoms with E-state index in [1.54, 1.807) is 0 Å². The minimum absolute atomic E-state index is 0.446. The molecule has 0 saturated carbocycles. The van der Waals surface area contributed by atoms with E-state index in [-0.39, 0.29) is 0 Å². The lowest BCUT2D eigenvalue weighted by Gasteiger charge is -2.48. The molecule has 2 saturated heterocycles. The van der Waals surface area contributed by atoms with Gasteiger partial charge in [0.05, 0.1) is 0 Å². The first-order valence-corrected chi connectivity index (χ1v) is 6.18. The highest BCUT2D eigenvalue weighted by atomic mass is 15.2. The van der Waals surface area contributed by atoms with Gasteiger partial charge in [-0.3, -0.25) is 4.90 Å². The lowest BCUT2D eigenvalue weighted by atomic mass is 9.87. The van der Waals surface area contributed by atoms with Crippen LogP contribution < -0.4 is 5.32 Å². The van der Waals surface area contributed by atoms with Crippen molar-refractivity contribution >= 4 is 0 Å². The van der Waals surface area contributed by atoms with E-state index >= 15 is 0 Å². The Morgan fingerprint density at radius 2 is 2.07 bits per heavy atom. The van der Waals surface area contributed by atoms with Crippen molar-refractivity contribution in [2.24, 2.45) is 0 Å². The minimum atomic E-state index is 0.446. The van der Waals surface area contributed by atoms with Gasteiger partial charge in [0.1, 0.15) is 0 Å². The first-order valence-electron chi connectivity index (χ1n) is 6.18. The van der Waals surface area contributed by atoms with Gasteiger partial charge >= 0.3 is 0 Å². The second kappa shape index (κ2) is 4.19. The molecule has 0 radical (unpaired) electrons. The van der Waals surface area contributed by atoms with E-state index in [0.29, 0.717) is 5.54 Å². The Labute approximate surface area is 88.1 Å². The molecule has 14 heavy (non-hydrogen) atoms. The Balaban J connectivity index is 1.99. The molecule has 2 rings (SSSR count). The number of rotatable bonds is 1. The average molecular weight is 196 g/mol. The summed E-state index contributed by atoms with van der Waals surface area (Å²) < 4.78 is 0. The van der Waals surface area contributed by atoms with Crippen molar-refractivity contribution in [3.8, 4) is 0 Å². The van der Waals surface area contributed by atoms with Crippen molar-refractivity contribution in [1.82, 2.24) is 10.2 Å². The zero-order chi connectivity index (χ0) is 10.0. The van der Waals surface area contributed by atoms with Gasteiger partial charge in [0, 0.05) is 18.1 Å². The summed E-state index contributed by atoms with van der Waals surface area (Å²) in [5.74, 6) is 0. The zero-order valence-corrected chi connectivity index (χ0v) is 9.68. The molecule has 2 aliphatic rings. The van der Waals surface area contributed by atoms with E-state index in [0.717, 1.165) is 6.04 Å². The molecule has 0 aromatic rings. The quantitative estimate of drug-likeness (QED) is 0.690. The fourth-order valence-corrected chi connectivity index (χ4v) is 3.06. The van der Waals surface area contributed by atoms with Crippen LogP contribution in [-0.2, 0) is 0 Å². The van der Waals surface area contributed by atoms with Crippen molar-refractivity contribution in [3.05, 3.63) is 0 Å². The maximum Gasteiger partial charge on any atom is 0.0226 e. The number of piperidine rings is 2. The van der Waals surface area contributed by atoms with Crippen LogP contribution in [0.3, 0.4) is 0 Å². The van der Waals surface area contributed by atoms with Crippen LogP contribution in [0.15, 0.2) is 0 Å². The van der Waals surface area contributed by atoms with E-state index in [1.165, 1.54) is 51.7 Å². The lowest BCUT2D eigenvalue weighted by molar-refractivity contribution is 0.0232. The predicted octanol–water partition coefficient (Wildman–Crippen LogP) is 2.00. The van der Waals surface area contributed by atoms with Crippen LogP contribution in [-0.4, -0.2) is 36.1 Å². The molecule has 2 fully saturated rings.